The van der Waals surface area contributed by atoms with E-state index in [-0.39, 0.29) is 42.2 Å². The number of carbonyl (C=O) groups is 3. The molecule has 1 spiro atoms. The van der Waals surface area contributed by atoms with E-state index in [9.17, 15) is 14.4 Å². The lowest BCUT2D eigenvalue weighted by molar-refractivity contribution is -0.154. The molecule has 33 heavy (non-hydrogen) atoms. The van der Waals surface area contributed by atoms with Crippen LogP contribution in [0.2, 0.25) is 5.02 Å². The number of hydrogen-bond donors (Lipinski definition) is 2. The summed E-state index contributed by atoms with van der Waals surface area (Å²) >= 11 is 7.91. The van der Waals surface area contributed by atoms with Gasteiger partial charge in [0.25, 0.3) is 0 Å². The molecular formula is C24H31ClN2O5S. The van der Waals surface area contributed by atoms with Gasteiger partial charge >= 0.3 is 5.97 Å². The van der Waals surface area contributed by atoms with E-state index in [2.05, 4.69) is 12.2 Å². The van der Waals surface area contributed by atoms with Gasteiger partial charge in [-0.3, -0.25) is 14.4 Å². The van der Waals surface area contributed by atoms with Crippen LogP contribution in [0.1, 0.15) is 39.5 Å². The summed E-state index contributed by atoms with van der Waals surface area (Å²) in [5.74, 6) is -1.76. The molecule has 1 aromatic rings. The van der Waals surface area contributed by atoms with Crippen molar-refractivity contribution in [1.82, 2.24) is 4.90 Å². The van der Waals surface area contributed by atoms with Crippen LogP contribution in [0.4, 0.5) is 5.69 Å². The maximum absolute atomic E-state index is 13.8. The summed E-state index contributed by atoms with van der Waals surface area (Å²) in [5.41, 5.74) is 0.504. The largest absolute Gasteiger partial charge is 0.466 e. The molecule has 1 aromatic carbocycles. The normalized spacial score (nSPS) is 32.2. The summed E-state index contributed by atoms with van der Waals surface area (Å²) < 4.78 is 4.67. The van der Waals surface area contributed by atoms with Crippen LogP contribution in [0.15, 0.2) is 24.3 Å². The monoisotopic (exact) mass is 494 g/mol. The van der Waals surface area contributed by atoms with E-state index in [1.165, 1.54) is 0 Å². The number of thioether (sulfide) groups is 1. The SMILES string of the molecule is CCOC(=O)[C@@H]1[C@H]2C(=O)N(CCCCCO)C(C(=O)Nc3ccccc3Cl)C23S[C@@H]1CC3C. The van der Waals surface area contributed by atoms with Gasteiger partial charge in [-0.15, -0.1) is 11.8 Å². The minimum atomic E-state index is -0.704. The molecule has 180 valence electrons. The average molecular weight is 495 g/mol. The highest BCUT2D eigenvalue weighted by molar-refractivity contribution is 8.02. The molecule has 3 aliphatic heterocycles. The minimum Gasteiger partial charge on any atom is -0.466 e. The number of benzene rings is 1. The van der Waals surface area contributed by atoms with Crippen molar-refractivity contribution in [2.24, 2.45) is 17.8 Å². The number of aliphatic hydroxyl groups excluding tert-OH is 1. The Morgan fingerprint density at radius 1 is 1.30 bits per heavy atom. The molecule has 0 aromatic heterocycles. The third kappa shape index (κ3) is 4.04. The van der Waals surface area contributed by atoms with Gasteiger partial charge in [0, 0.05) is 18.4 Å². The number of halogens is 1. The number of hydrogen-bond acceptors (Lipinski definition) is 6. The smallest absolute Gasteiger partial charge is 0.310 e. The van der Waals surface area contributed by atoms with Crippen molar-refractivity contribution in [3.8, 4) is 0 Å². The first kappa shape index (κ1) is 24.4. The summed E-state index contributed by atoms with van der Waals surface area (Å²) in [4.78, 5) is 42.1. The van der Waals surface area contributed by atoms with Crippen molar-refractivity contribution in [3.63, 3.8) is 0 Å². The summed E-state index contributed by atoms with van der Waals surface area (Å²) in [7, 11) is 0. The van der Waals surface area contributed by atoms with Crippen LogP contribution in [-0.4, -0.2) is 63.6 Å². The van der Waals surface area contributed by atoms with Gasteiger partial charge in [0.15, 0.2) is 0 Å². The van der Waals surface area contributed by atoms with Crippen LogP contribution in [0, 0.1) is 17.8 Å². The quantitative estimate of drug-likeness (QED) is 0.404. The molecule has 3 fully saturated rings. The zero-order valence-electron chi connectivity index (χ0n) is 19.0. The van der Waals surface area contributed by atoms with Crippen LogP contribution in [-0.2, 0) is 19.1 Å². The van der Waals surface area contributed by atoms with E-state index in [1.807, 2.05) is 0 Å². The number of aliphatic hydroxyl groups is 1. The predicted octanol–water partition coefficient (Wildman–Crippen LogP) is 3.34. The maximum Gasteiger partial charge on any atom is 0.310 e. The molecule has 0 saturated carbocycles. The third-order valence-electron chi connectivity index (χ3n) is 7.24. The lowest BCUT2D eigenvalue weighted by Gasteiger charge is -2.38. The number of nitrogens with one attached hydrogen (secondary N) is 1. The van der Waals surface area contributed by atoms with E-state index in [4.69, 9.17) is 21.4 Å². The molecule has 2 bridgehead atoms. The first-order chi connectivity index (χ1) is 15.9. The number of carbonyl (C=O) groups excluding carboxylic acids is 3. The first-order valence-electron chi connectivity index (χ1n) is 11.7. The fraction of sp³-hybridized carbons (Fsp3) is 0.625. The Morgan fingerprint density at radius 3 is 2.76 bits per heavy atom. The molecule has 3 unspecified atom stereocenters. The molecule has 6 atom stereocenters. The highest BCUT2D eigenvalue weighted by atomic mass is 35.5. The number of likely N-dealkylation sites (tertiary alicyclic amines) is 1. The van der Waals surface area contributed by atoms with Crippen LogP contribution in [0.3, 0.4) is 0 Å². The number of rotatable bonds is 9. The van der Waals surface area contributed by atoms with E-state index in [0.29, 0.717) is 30.1 Å². The van der Waals surface area contributed by atoms with Gasteiger partial charge in [-0.2, -0.15) is 0 Å². The Labute approximate surface area is 203 Å². The van der Waals surface area contributed by atoms with Crippen molar-refractivity contribution >= 4 is 46.8 Å². The van der Waals surface area contributed by atoms with Crippen molar-refractivity contribution in [1.29, 1.82) is 0 Å². The lowest BCUT2D eigenvalue weighted by atomic mass is 9.66. The van der Waals surface area contributed by atoms with Gasteiger partial charge in [0.05, 0.1) is 33.9 Å². The van der Waals surface area contributed by atoms with Gasteiger partial charge in [0.2, 0.25) is 11.8 Å². The first-order valence-corrected chi connectivity index (χ1v) is 12.9. The number of ether oxygens (including phenoxy) is 1. The van der Waals surface area contributed by atoms with E-state index in [1.54, 1.807) is 47.9 Å². The molecule has 3 heterocycles. The molecule has 7 nitrogen and oxygen atoms in total. The van der Waals surface area contributed by atoms with E-state index < -0.39 is 22.6 Å². The number of para-hydroxylation sites is 1. The predicted molar refractivity (Wildman–Crippen MR) is 128 cm³/mol. The van der Waals surface area contributed by atoms with Crippen LogP contribution in [0.5, 0.6) is 0 Å². The van der Waals surface area contributed by atoms with Crippen molar-refractivity contribution < 1.29 is 24.2 Å². The molecule has 9 heteroatoms. The fourth-order valence-corrected chi connectivity index (χ4v) is 8.49. The third-order valence-corrected chi connectivity index (χ3v) is 9.65. The molecule has 2 amide bonds. The molecule has 2 N–H and O–H groups in total. The Bertz CT molecular complexity index is 930. The second kappa shape index (κ2) is 9.84. The molecule has 0 aliphatic carbocycles. The average Bonchev–Trinajstić information content (AvgIpc) is 3.37. The van der Waals surface area contributed by atoms with Crippen molar-refractivity contribution in [2.75, 3.05) is 25.1 Å². The van der Waals surface area contributed by atoms with E-state index >= 15 is 0 Å². The number of esters is 1. The number of unbranched alkanes of at least 4 members (excludes halogenated alkanes) is 2. The number of amides is 2. The van der Waals surface area contributed by atoms with Gasteiger partial charge in [-0.25, -0.2) is 0 Å². The molecule has 3 aliphatic rings. The van der Waals surface area contributed by atoms with Gasteiger partial charge in [-0.1, -0.05) is 30.7 Å². The van der Waals surface area contributed by atoms with Gasteiger partial charge in [0.1, 0.15) is 6.04 Å². The van der Waals surface area contributed by atoms with Crippen molar-refractivity contribution in [3.05, 3.63) is 29.3 Å². The topological polar surface area (TPSA) is 95.9 Å². The Balaban J connectivity index is 1.69. The summed E-state index contributed by atoms with van der Waals surface area (Å²) in [5, 5.41) is 12.5. The summed E-state index contributed by atoms with van der Waals surface area (Å²) in [6.07, 6.45) is 2.85. The Kier molecular flexibility index (Phi) is 7.26. The Hall–Kier alpha value is -1.77. The molecule has 3 saturated heterocycles. The fourth-order valence-electron chi connectivity index (χ4n) is 5.90. The van der Waals surface area contributed by atoms with Crippen molar-refractivity contribution in [2.45, 2.75) is 55.6 Å². The van der Waals surface area contributed by atoms with E-state index in [0.717, 1.165) is 12.8 Å². The number of fused-ring (bicyclic) bond motifs is 1. The minimum absolute atomic E-state index is 0.0276. The summed E-state index contributed by atoms with van der Waals surface area (Å²) in [6, 6.07) is 6.33. The highest BCUT2D eigenvalue weighted by Crippen LogP contribution is 2.68. The van der Waals surface area contributed by atoms with Gasteiger partial charge < -0.3 is 20.1 Å². The van der Waals surface area contributed by atoms with Gasteiger partial charge in [-0.05, 0) is 50.7 Å². The Morgan fingerprint density at radius 2 is 2.06 bits per heavy atom. The maximum atomic E-state index is 13.8. The second-order valence-corrected chi connectivity index (χ2v) is 11.0. The molecule has 4 rings (SSSR count). The number of anilines is 1. The zero-order valence-corrected chi connectivity index (χ0v) is 20.5. The second-order valence-electron chi connectivity index (χ2n) is 9.09. The van der Waals surface area contributed by atoms with Crippen LogP contribution < -0.4 is 5.32 Å². The zero-order chi connectivity index (χ0) is 23.8. The lowest BCUT2D eigenvalue weighted by Crippen LogP contribution is -2.54. The summed E-state index contributed by atoms with van der Waals surface area (Å²) in [6.45, 7) is 4.61. The standard InChI is InChI=1S/C24H31ClN2O5S/c1-3-32-23(31)18-17-13-14(2)24(33-17)19(18)22(30)27(11-7-4-8-12-28)20(24)21(29)26-16-10-6-5-9-15(16)25/h5-6,9-10,14,17-20,28H,3-4,7-8,11-13H2,1-2H3,(H,26,29)/t14?,17-,18+,19+,20?,24?/m1/s1. The molecular weight excluding hydrogens is 464 g/mol. The highest BCUT2D eigenvalue weighted by Gasteiger charge is 2.76. The number of nitrogens with zero attached hydrogens (tertiary/aromatic N) is 1. The van der Waals surface area contributed by atoms with Crippen LogP contribution in [0.25, 0.3) is 0 Å². The van der Waals surface area contributed by atoms with Crippen LogP contribution >= 0.6 is 23.4 Å². The molecule has 0 radical (unpaired) electrons.